The van der Waals surface area contributed by atoms with E-state index in [-0.39, 0.29) is 16.8 Å². The number of hydrogen-bond donors (Lipinski definition) is 0. The van der Waals surface area contributed by atoms with Gasteiger partial charge in [0.1, 0.15) is 10.8 Å². The zero-order valence-electron chi connectivity index (χ0n) is 16.5. The molecule has 3 aromatic carbocycles. The summed E-state index contributed by atoms with van der Waals surface area (Å²) >= 11 is 12.3. The Morgan fingerprint density at radius 2 is 1.87 bits per heavy atom. The fourth-order valence-corrected chi connectivity index (χ4v) is 4.39. The molecular weight excluding hydrogens is 437 g/mol. The summed E-state index contributed by atoms with van der Waals surface area (Å²) in [6.07, 6.45) is 0.0453. The third-order valence-corrected chi connectivity index (χ3v) is 6.14. The molecule has 2 atom stereocenters. The second kappa shape index (κ2) is 7.55. The van der Waals surface area contributed by atoms with Crippen molar-refractivity contribution in [3.63, 3.8) is 0 Å². The van der Waals surface area contributed by atoms with Crippen LogP contribution in [0.4, 0.5) is 5.69 Å². The summed E-state index contributed by atoms with van der Waals surface area (Å²) in [7, 11) is 0. The summed E-state index contributed by atoms with van der Waals surface area (Å²) in [6, 6.07) is 18.3. The third kappa shape index (κ3) is 3.52. The number of nitro benzene ring substituents is 1. The van der Waals surface area contributed by atoms with Gasteiger partial charge in [-0.2, -0.15) is 5.10 Å². The van der Waals surface area contributed by atoms with Crippen LogP contribution < -0.4 is 4.74 Å². The standard InChI is InChI=1S/C23H17Cl2N3O3/c1-13-2-4-14(5-3-13)19-12-20-17-11-16(24)7-9-22(17)31-23(27(20)26-19)15-6-8-18(25)21(10-15)28(29)30/h2-11,20,23H,12H2,1H3/t20-,23-/m1/s1. The van der Waals surface area contributed by atoms with E-state index in [0.29, 0.717) is 22.8 Å². The molecule has 0 amide bonds. The Hall–Kier alpha value is -3.09. The van der Waals surface area contributed by atoms with Gasteiger partial charge in [0.2, 0.25) is 6.23 Å². The van der Waals surface area contributed by atoms with E-state index < -0.39 is 11.2 Å². The molecule has 2 aliphatic heterocycles. The molecule has 0 spiro atoms. The first-order valence-corrected chi connectivity index (χ1v) is 10.5. The fourth-order valence-electron chi connectivity index (χ4n) is 4.02. The van der Waals surface area contributed by atoms with Crippen molar-refractivity contribution < 1.29 is 9.66 Å². The molecule has 2 heterocycles. The number of ether oxygens (including phenoxy) is 1. The number of halogens is 2. The zero-order valence-corrected chi connectivity index (χ0v) is 18.0. The molecule has 8 heteroatoms. The summed E-state index contributed by atoms with van der Waals surface area (Å²) in [6.45, 7) is 2.04. The minimum Gasteiger partial charge on any atom is -0.464 e. The number of hydrazone groups is 1. The Bertz CT molecular complexity index is 1230. The van der Waals surface area contributed by atoms with Gasteiger partial charge in [0.15, 0.2) is 0 Å². The molecule has 0 fully saturated rings. The number of fused-ring (bicyclic) bond motifs is 3. The first-order chi connectivity index (χ1) is 14.9. The van der Waals surface area contributed by atoms with Gasteiger partial charge in [-0.1, -0.05) is 59.1 Å². The topological polar surface area (TPSA) is 68.0 Å². The first-order valence-electron chi connectivity index (χ1n) is 9.73. The lowest BCUT2D eigenvalue weighted by Crippen LogP contribution is -2.33. The zero-order chi connectivity index (χ0) is 21.7. The number of benzene rings is 3. The molecule has 0 saturated carbocycles. The van der Waals surface area contributed by atoms with Crippen molar-refractivity contribution in [3.05, 3.63) is 103 Å². The van der Waals surface area contributed by atoms with Crippen LogP contribution in [0.25, 0.3) is 0 Å². The van der Waals surface area contributed by atoms with Crippen LogP contribution in [-0.4, -0.2) is 15.6 Å². The predicted molar refractivity (Wildman–Crippen MR) is 120 cm³/mol. The van der Waals surface area contributed by atoms with Gasteiger partial charge in [-0.05, 0) is 36.8 Å². The Labute approximate surface area is 188 Å². The van der Waals surface area contributed by atoms with Crippen LogP contribution >= 0.6 is 23.2 Å². The SMILES string of the molecule is Cc1ccc(C2=NN3[C@H](C2)c2cc(Cl)ccc2O[C@@H]3c2ccc(Cl)c([N+](=O)[O-])c2)cc1. The molecule has 0 bridgehead atoms. The highest BCUT2D eigenvalue weighted by atomic mass is 35.5. The van der Waals surface area contributed by atoms with Crippen LogP contribution in [0, 0.1) is 17.0 Å². The molecule has 0 unspecified atom stereocenters. The third-order valence-electron chi connectivity index (χ3n) is 5.59. The lowest BCUT2D eigenvalue weighted by molar-refractivity contribution is -0.384. The van der Waals surface area contributed by atoms with Gasteiger partial charge < -0.3 is 4.74 Å². The van der Waals surface area contributed by atoms with Gasteiger partial charge in [-0.25, -0.2) is 5.01 Å². The molecule has 0 radical (unpaired) electrons. The Morgan fingerprint density at radius 3 is 2.61 bits per heavy atom. The van der Waals surface area contributed by atoms with Gasteiger partial charge in [0.05, 0.1) is 16.7 Å². The minimum atomic E-state index is -0.627. The molecular formula is C23H17Cl2N3O3. The summed E-state index contributed by atoms with van der Waals surface area (Å²) in [5.74, 6) is 0.689. The Kier molecular flexibility index (Phi) is 4.84. The summed E-state index contributed by atoms with van der Waals surface area (Å²) in [5, 5.41) is 18.8. The van der Waals surface area contributed by atoms with Crippen LogP contribution in [0.5, 0.6) is 5.75 Å². The van der Waals surface area contributed by atoms with Crippen LogP contribution in [0.1, 0.15) is 40.9 Å². The maximum atomic E-state index is 11.4. The quantitative estimate of drug-likeness (QED) is 0.337. The molecule has 6 nitrogen and oxygen atoms in total. The number of nitro groups is 1. The van der Waals surface area contributed by atoms with E-state index in [9.17, 15) is 10.1 Å². The van der Waals surface area contributed by atoms with E-state index >= 15 is 0 Å². The second-order valence-electron chi connectivity index (χ2n) is 7.63. The highest BCUT2D eigenvalue weighted by Crippen LogP contribution is 2.48. The molecule has 0 aliphatic carbocycles. The van der Waals surface area contributed by atoms with E-state index in [1.165, 1.54) is 17.7 Å². The van der Waals surface area contributed by atoms with Crippen molar-refractivity contribution in [1.82, 2.24) is 5.01 Å². The normalized spacial score (nSPS) is 19.3. The summed E-state index contributed by atoms with van der Waals surface area (Å²) in [4.78, 5) is 10.9. The van der Waals surface area contributed by atoms with Crippen molar-refractivity contribution in [2.45, 2.75) is 25.6 Å². The minimum absolute atomic E-state index is 0.0820. The van der Waals surface area contributed by atoms with Gasteiger partial charge in [0, 0.05) is 28.6 Å². The number of rotatable bonds is 3. The first kappa shape index (κ1) is 19.8. The van der Waals surface area contributed by atoms with Crippen LogP contribution in [-0.2, 0) is 0 Å². The largest absolute Gasteiger partial charge is 0.464 e. The summed E-state index contributed by atoms with van der Waals surface area (Å²) < 4.78 is 6.26. The molecule has 156 valence electrons. The summed E-state index contributed by atoms with van der Waals surface area (Å²) in [5.41, 5.74) is 4.52. The number of aryl methyl sites for hydroxylation is 1. The number of nitrogens with zero attached hydrogens (tertiary/aromatic N) is 3. The van der Waals surface area contributed by atoms with Crippen molar-refractivity contribution in [3.8, 4) is 5.75 Å². The van der Waals surface area contributed by atoms with Gasteiger partial charge in [0.25, 0.3) is 5.69 Å². The van der Waals surface area contributed by atoms with E-state index in [1.807, 2.05) is 24.1 Å². The molecule has 3 aromatic rings. The van der Waals surface area contributed by atoms with Crippen LogP contribution in [0.3, 0.4) is 0 Å². The van der Waals surface area contributed by atoms with Crippen molar-refractivity contribution in [2.24, 2.45) is 5.10 Å². The van der Waals surface area contributed by atoms with E-state index in [1.54, 1.807) is 12.1 Å². The van der Waals surface area contributed by atoms with Gasteiger partial charge in [-0.3, -0.25) is 10.1 Å². The molecule has 0 aromatic heterocycles. The molecule has 5 rings (SSSR count). The molecule has 0 saturated heterocycles. The lowest BCUT2D eigenvalue weighted by Gasteiger charge is -2.38. The van der Waals surface area contributed by atoms with Crippen molar-refractivity contribution >= 4 is 34.6 Å². The van der Waals surface area contributed by atoms with Crippen molar-refractivity contribution in [1.29, 1.82) is 0 Å². The average molecular weight is 454 g/mol. The van der Waals surface area contributed by atoms with Crippen molar-refractivity contribution in [2.75, 3.05) is 0 Å². The molecule has 2 aliphatic rings. The van der Waals surface area contributed by atoms with Gasteiger partial charge in [-0.15, -0.1) is 0 Å². The van der Waals surface area contributed by atoms with Crippen LogP contribution in [0.2, 0.25) is 10.0 Å². The van der Waals surface area contributed by atoms with Crippen LogP contribution in [0.15, 0.2) is 65.8 Å². The van der Waals surface area contributed by atoms with E-state index in [2.05, 4.69) is 24.3 Å². The Morgan fingerprint density at radius 1 is 1.10 bits per heavy atom. The fraction of sp³-hybridized carbons (Fsp3) is 0.174. The molecule has 31 heavy (non-hydrogen) atoms. The second-order valence-corrected chi connectivity index (χ2v) is 8.48. The number of hydrogen-bond acceptors (Lipinski definition) is 5. The predicted octanol–water partition coefficient (Wildman–Crippen LogP) is 6.45. The molecule has 0 N–H and O–H groups in total. The van der Waals surface area contributed by atoms with E-state index in [4.69, 9.17) is 33.0 Å². The lowest BCUT2D eigenvalue weighted by atomic mass is 9.95. The average Bonchev–Trinajstić information content (AvgIpc) is 3.20. The maximum absolute atomic E-state index is 11.4. The smallest absolute Gasteiger partial charge is 0.288 e. The Balaban J connectivity index is 1.61. The van der Waals surface area contributed by atoms with Gasteiger partial charge >= 0.3 is 0 Å². The maximum Gasteiger partial charge on any atom is 0.288 e. The monoisotopic (exact) mass is 453 g/mol. The highest BCUT2D eigenvalue weighted by Gasteiger charge is 2.41. The highest BCUT2D eigenvalue weighted by molar-refractivity contribution is 6.32. The van der Waals surface area contributed by atoms with E-state index in [0.717, 1.165) is 16.8 Å².